The quantitative estimate of drug-likeness (QED) is 0.522. The van der Waals surface area contributed by atoms with Crippen LogP contribution in [0.1, 0.15) is 37.3 Å². The molecule has 0 saturated heterocycles. The van der Waals surface area contributed by atoms with Crippen LogP contribution in [0.2, 0.25) is 0 Å². The van der Waals surface area contributed by atoms with Gasteiger partial charge in [0, 0.05) is 18.4 Å². The molecule has 2 rings (SSSR count). The third-order valence-electron chi connectivity index (χ3n) is 3.09. The van der Waals surface area contributed by atoms with Gasteiger partial charge in [0.2, 0.25) is 0 Å². The number of hydrogen-bond donors (Lipinski definition) is 0. The summed E-state index contributed by atoms with van der Waals surface area (Å²) in [5.41, 5.74) is 2.92. The lowest BCUT2D eigenvalue weighted by atomic mass is 10.0. The largest absolute Gasteiger partial charge is 0.235 e. The molecule has 0 aliphatic carbocycles. The molecule has 0 amide bonds. The van der Waals surface area contributed by atoms with E-state index in [0.29, 0.717) is 0 Å². The zero-order chi connectivity index (χ0) is 10.5. The molecular formula is C14H20N+. The molecule has 1 aromatic carbocycles. The summed E-state index contributed by atoms with van der Waals surface area (Å²) >= 11 is 0. The Balaban J connectivity index is 2.02. The zero-order valence-electron chi connectivity index (χ0n) is 9.58. The lowest BCUT2D eigenvalue weighted by molar-refractivity contribution is -0.524. The van der Waals surface area contributed by atoms with Crippen molar-refractivity contribution in [1.82, 2.24) is 0 Å². The summed E-state index contributed by atoms with van der Waals surface area (Å²) in [6.07, 6.45) is 7.53. The van der Waals surface area contributed by atoms with Crippen molar-refractivity contribution in [2.45, 2.75) is 32.6 Å². The first-order valence-electron chi connectivity index (χ1n) is 6.07. The smallest absolute Gasteiger partial charge is 0.170 e. The van der Waals surface area contributed by atoms with Crippen molar-refractivity contribution in [3.63, 3.8) is 0 Å². The average molecular weight is 202 g/mol. The second kappa shape index (κ2) is 5.11. The normalized spacial score (nSPS) is 14.6. The highest BCUT2D eigenvalue weighted by atomic mass is 15.0. The van der Waals surface area contributed by atoms with E-state index in [9.17, 15) is 0 Å². The molecule has 0 fully saturated rings. The summed E-state index contributed by atoms with van der Waals surface area (Å²) in [7, 11) is 0. The first kappa shape index (κ1) is 10.4. The third kappa shape index (κ3) is 2.68. The molecule has 1 aromatic rings. The predicted octanol–water partition coefficient (Wildman–Crippen LogP) is 2.86. The molecule has 1 heterocycles. The van der Waals surface area contributed by atoms with Gasteiger partial charge in [-0.25, -0.2) is 4.58 Å². The fourth-order valence-corrected chi connectivity index (χ4v) is 2.15. The van der Waals surface area contributed by atoms with Crippen LogP contribution < -0.4 is 0 Å². The number of hydrogen-bond acceptors (Lipinski definition) is 0. The van der Waals surface area contributed by atoms with Crippen LogP contribution in [0.3, 0.4) is 0 Å². The molecular weight excluding hydrogens is 182 g/mol. The first-order chi connectivity index (χ1) is 7.40. The molecule has 0 saturated carbocycles. The minimum atomic E-state index is 1.20. The van der Waals surface area contributed by atoms with Crippen LogP contribution in [0, 0.1) is 0 Å². The van der Waals surface area contributed by atoms with E-state index in [1.807, 2.05) is 0 Å². The lowest BCUT2D eigenvalue weighted by Crippen LogP contribution is -2.23. The van der Waals surface area contributed by atoms with Gasteiger partial charge in [-0.2, -0.15) is 0 Å². The summed E-state index contributed by atoms with van der Waals surface area (Å²) in [4.78, 5) is 0. The minimum absolute atomic E-state index is 1.20. The van der Waals surface area contributed by atoms with E-state index in [-0.39, 0.29) is 0 Å². The maximum absolute atomic E-state index is 2.47. The SMILES string of the molecule is CCCCC[N+]1=Cc2ccccc2CC1. The van der Waals surface area contributed by atoms with E-state index >= 15 is 0 Å². The molecule has 0 aromatic heterocycles. The van der Waals surface area contributed by atoms with Crippen molar-refractivity contribution < 1.29 is 4.58 Å². The van der Waals surface area contributed by atoms with Gasteiger partial charge in [0.25, 0.3) is 0 Å². The van der Waals surface area contributed by atoms with E-state index in [0.717, 1.165) is 0 Å². The van der Waals surface area contributed by atoms with E-state index in [2.05, 4.69) is 42.0 Å². The van der Waals surface area contributed by atoms with Crippen LogP contribution >= 0.6 is 0 Å². The highest BCUT2D eigenvalue weighted by molar-refractivity contribution is 5.78. The van der Waals surface area contributed by atoms with Gasteiger partial charge in [-0.15, -0.1) is 0 Å². The van der Waals surface area contributed by atoms with Crippen LogP contribution in [0.15, 0.2) is 24.3 Å². The minimum Gasteiger partial charge on any atom is -0.235 e. The third-order valence-corrected chi connectivity index (χ3v) is 3.09. The molecule has 80 valence electrons. The van der Waals surface area contributed by atoms with Gasteiger partial charge in [0.1, 0.15) is 13.1 Å². The van der Waals surface area contributed by atoms with Crippen molar-refractivity contribution in [2.24, 2.45) is 0 Å². The molecule has 0 spiro atoms. The van der Waals surface area contributed by atoms with Crippen molar-refractivity contribution in [3.8, 4) is 0 Å². The summed E-state index contributed by atoms with van der Waals surface area (Å²) in [5.74, 6) is 0. The van der Waals surface area contributed by atoms with Gasteiger partial charge in [0.05, 0.1) is 0 Å². The average Bonchev–Trinajstić information content (AvgIpc) is 2.29. The van der Waals surface area contributed by atoms with E-state index < -0.39 is 0 Å². The van der Waals surface area contributed by atoms with Crippen molar-refractivity contribution >= 4 is 6.21 Å². The highest BCUT2D eigenvalue weighted by Crippen LogP contribution is 2.11. The number of rotatable bonds is 4. The van der Waals surface area contributed by atoms with Gasteiger partial charge in [0.15, 0.2) is 6.21 Å². The Labute approximate surface area is 92.5 Å². The van der Waals surface area contributed by atoms with E-state index in [1.165, 1.54) is 49.9 Å². The summed E-state index contributed by atoms with van der Waals surface area (Å²) in [6.45, 7) is 4.68. The van der Waals surface area contributed by atoms with Gasteiger partial charge < -0.3 is 0 Å². The molecule has 0 N–H and O–H groups in total. The fraction of sp³-hybridized carbons (Fsp3) is 0.500. The summed E-state index contributed by atoms with van der Waals surface area (Å²) in [6, 6.07) is 8.74. The summed E-state index contributed by atoms with van der Waals surface area (Å²) < 4.78 is 2.47. The van der Waals surface area contributed by atoms with Crippen LogP contribution in [0.25, 0.3) is 0 Å². The topological polar surface area (TPSA) is 3.01 Å². The number of unbranched alkanes of at least 4 members (excludes halogenated alkanes) is 2. The fourth-order valence-electron chi connectivity index (χ4n) is 2.15. The van der Waals surface area contributed by atoms with E-state index in [4.69, 9.17) is 0 Å². The Morgan fingerprint density at radius 2 is 2.07 bits per heavy atom. The molecule has 0 unspecified atom stereocenters. The molecule has 1 nitrogen and oxygen atoms in total. The van der Waals surface area contributed by atoms with E-state index in [1.54, 1.807) is 0 Å². The standard InChI is InChI=1S/C14H20N/c1-2-3-6-10-15-11-9-13-7-4-5-8-14(13)12-15/h4-5,7-8,12H,2-3,6,9-11H2,1H3/q+1. The Morgan fingerprint density at radius 1 is 1.20 bits per heavy atom. The Bertz CT molecular complexity index is 352. The molecule has 1 aliphatic heterocycles. The molecule has 15 heavy (non-hydrogen) atoms. The maximum atomic E-state index is 2.47. The predicted molar refractivity (Wildman–Crippen MR) is 64.8 cm³/mol. The zero-order valence-corrected chi connectivity index (χ0v) is 9.58. The van der Waals surface area contributed by atoms with Gasteiger partial charge in [-0.1, -0.05) is 31.5 Å². The van der Waals surface area contributed by atoms with Gasteiger partial charge >= 0.3 is 0 Å². The Kier molecular flexibility index (Phi) is 3.54. The van der Waals surface area contributed by atoms with Crippen LogP contribution in [0.5, 0.6) is 0 Å². The lowest BCUT2D eigenvalue weighted by Gasteiger charge is -2.11. The van der Waals surface area contributed by atoms with Crippen molar-refractivity contribution in [3.05, 3.63) is 35.4 Å². The van der Waals surface area contributed by atoms with Gasteiger partial charge in [-0.05, 0) is 18.1 Å². The molecule has 0 radical (unpaired) electrons. The highest BCUT2D eigenvalue weighted by Gasteiger charge is 2.13. The molecule has 0 bridgehead atoms. The maximum Gasteiger partial charge on any atom is 0.170 e. The van der Waals surface area contributed by atoms with Gasteiger partial charge in [-0.3, -0.25) is 0 Å². The second-order valence-corrected chi connectivity index (χ2v) is 4.32. The number of benzene rings is 1. The van der Waals surface area contributed by atoms with Crippen LogP contribution in [-0.2, 0) is 6.42 Å². The molecule has 0 atom stereocenters. The number of nitrogens with zero attached hydrogens (tertiary/aromatic N) is 1. The monoisotopic (exact) mass is 202 g/mol. The number of fused-ring (bicyclic) bond motifs is 1. The van der Waals surface area contributed by atoms with Crippen molar-refractivity contribution in [2.75, 3.05) is 13.1 Å². The Morgan fingerprint density at radius 3 is 2.93 bits per heavy atom. The van der Waals surface area contributed by atoms with Crippen LogP contribution in [0.4, 0.5) is 0 Å². The first-order valence-corrected chi connectivity index (χ1v) is 6.07. The second-order valence-electron chi connectivity index (χ2n) is 4.32. The summed E-state index contributed by atoms with van der Waals surface area (Å²) in [5, 5.41) is 0. The Hall–Kier alpha value is -1.11. The van der Waals surface area contributed by atoms with Crippen LogP contribution in [-0.4, -0.2) is 23.9 Å². The molecule has 1 aliphatic rings. The molecule has 1 heteroatoms. The van der Waals surface area contributed by atoms with Crippen molar-refractivity contribution in [1.29, 1.82) is 0 Å².